The SMILES string of the molecule is CCOc1ccc(CCn2ccc3[nH]c(=O)c(C#N)cc3c2=O)cc1. The molecule has 0 atom stereocenters. The molecule has 6 nitrogen and oxygen atoms in total. The van der Waals surface area contributed by atoms with Gasteiger partial charge in [0.1, 0.15) is 17.4 Å². The molecule has 126 valence electrons. The number of pyridine rings is 2. The highest BCUT2D eigenvalue weighted by Crippen LogP contribution is 2.13. The number of hydrogen-bond donors (Lipinski definition) is 1. The van der Waals surface area contributed by atoms with Crippen LogP contribution in [0.4, 0.5) is 0 Å². The fraction of sp³-hybridized carbons (Fsp3) is 0.211. The molecule has 0 aliphatic carbocycles. The second kappa shape index (κ2) is 7.05. The normalized spacial score (nSPS) is 10.6. The van der Waals surface area contributed by atoms with Crippen molar-refractivity contribution in [2.45, 2.75) is 19.9 Å². The van der Waals surface area contributed by atoms with E-state index in [1.807, 2.05) is 31.2 Å². The number of hydrogen-bond acceptors (Lipinski definition) is 4. The highest BCUT2D eigenvalue weighted by atomic mass is 16.5. The van der Waals surface area contributed by atoms with Gasteiger partial charge in [0.2, 0.25) is 0 Å². The third-order valence-corrected chi connectivity index (χ3v) is 3.98. The lowest BCUT2D eigenvalue weighted by Gasteiger charge is -2.08. The molecule has 25 heavy (non-hydrogen) atoms. The summed E-state index contributed by atoms with van der Waals surface area (Å²) < 4.78 is 6.99. The topological polar surface area (TPSA) is 87.9 Å². The molecule has 2 aromatic heterocycles. The molecule has 0 aliphatic rings. The van der Waals surface area contributed by atoms with Crippen LogP contribution in [0, 0.1) is 11.3 Å². The van der Waals surface area contributed by atoms with Crippen molar-refractivity contribution in [2.75, 3.05) is 6.61 Å². The van der Waals surface area contributed by atoms with Crippen LogP contribution in [-0.2, 0) is 13.0 Å². The fourth-order valence-electron chi connectivity index (χ4n) is 2.67. The second-order valence-electron chi connectivity index (χ2n) is 5.59. The number of benzene rings is 1. The Morgan fingerprint density at radius 2 is 1.96 bits per heavy atom. The summed E-state index contributed by atoms with van der Waals surface area (Å²) in [5, 5.41) is 9.30. The van der Waals surface area contributed by atoms with Crippen molar-refractivity contribution in [3.8, 4) is 11.8 Å². The average molecular weight is 335 g/mol. The molecule has 0 amide bonds. The first-order valence-corrected chi connectivity index (χ1v) is 8.00. The Morgan fingerprint density at radius 3 is 2.64 bits per heavy atom. The minimum absolute atomic E-state index is 0.0612. The van der Waals surface area contributed by atoms with E-state index in [2.05, 4.69) is 4.98 Å². The van der Waals surface area contributed by atoms with Gasteiger partial charge < -0.3 is 14.3 Å². The summed E-state index contributed by atoms with van der Waals surface area (Å²) >= 11 is 0. The van der Waals surface area contributed by atoms with E-state index < -0.39 is 5.56 Å². The zero-order valence-electron chi connectivity index (χ0n) is 13.8. The zero-order chi connectivity index (χ0) is 17.8. The lowest BCUT2D eigenvalue weighted by atomic mass is 10.1. The molecule has 0 fully saturated rings. The lowest BCUT2D eigenvalue weighted by molar-refractivity contribution is 0.340. The summed E-state index contributed by atoms with van der Waals surface area (Å²) in [5.41, 5.74) is 0.757. The standard InChI is InChI=1S/C19H17N3O3/c1-2-25-15-5-3-13(4-6-15)7-9-22-10-8-17-16(19(22)24)11-14(12-20)18(23)21-17/h3-6,8,10-11H,2,7,9H2,1H3,(H,21,23). The van der Waals surface area contributed by atoms with Crippen LogP contribution in [0.2, 0.25) is 0 Å². The molecule has 1 aromatic carbocycles. The van der Waals surface area contributed by atoms with Gasteiger partial charge in [-0.05, 0) is 43.2 Å². The summed E-state index contributed by atoms with van der Waals surface area (Å²) in [6.45, 7) is 3.06. The molecular weight excluding hydrogens is 318 g/mol. The molecule has 0 radical (unpaired) electrons. The number of ether oxygens (including phenoxy) is 1. The first kappa shape index (κ1) is 16.5. The Balaban J connectivity index is 1.85. The van der Waals surface area contributed by atoms with Crippen molar-refractivity contribution in [3.63, 3.8) is 0 Å². The van der Waals surface area contributed by atoms with Gasteiger partial charge in [0, 0.05) is 12.7 Å². The highest BCUT2D eigenvalue weighted by Gasteiger charge is 2.07. The summed E-state index contributed by atoms with van der Waals surface area (Å²) in [5.74, 6) is 0.821. The van der Waals surface area contributed by atoms with Crippen LogP contribution < -0.4 is 15.9 Å². The van der Waals surface area contributed by atoms with Crippen LogP contribution in [0.1, 0.15) is 18.1 Å². The Labute approximate surface area is 143 Å². The van der Waals surface area contributed by atoms with Crippen LogP contribution in [0.5, 0.6) is 5.75 Å². The van der Waals surface area contributed by atoms with E-state index in [0.717, 1.165) is 11.3 Å². The maximum atomic E-state index is 12.6. The van der Waals surface area contributed by atoms with E-state index in [-0.39, 0.29) is 11.1 Å². The van der Waals surface area contributed by atoms with Gasteiger partial charge in [0.15, 0.2) is 0 Å². The van der Waals surface area contributed by atoms with E-state index in [0.29, 0.717) is 30.5 Å². The van der Waals surface area contributed by atoms with E-state index in [4.69, 9.17) is 10.00 Å². The van der Waals surface area contributed by atoms with Crippen LogP contribution in [0.25, 0.3) is 10.9 Å². The number of aromatic amines is 1. The van der Waals surface area contributed by atoms with E-state index in [1.165, 1.54) is 6.07 Å². The monoisotopic (exact) mass is 335 g/mol. The van der Waals surface area contributed by atoms with E-state index in [9.17, 15) is 9.59 Å². The van der Waals surface area contributed by atoms with Crippen LogP contribution in [0.3, 0.4) is 0 Å². The number of nitrogens with one attached hydrogen (secondary N) is 1. The van der Waals surface area contributed by atoms with Gasteiger partial charge in [-0.1, -0.05) is 12.1 Å². The largest absolute Gasteiger partial charge is 0.494 e. The molecule has 1 N–H and O–H groups in total. The van der Waals surface area contributed by atoms with Crippen molar-refractivity contribution in [1.82, 2.24) is 9.55 Å². The predicted molar refractivity (Wildman–Crippen MR) is 94.9 cm³/mol. The Hall–Kier alpha value is -3.33. The van der Waals surface area contributed by atoms with Crippen molar-refractivity contribution in [1.29, 1.82) is 5.26 Å². The van der Waals surface area contributed by atoms with Crippen LogP contribution in [0.15, 0.2) is 52.2 Å². The Kier molecular flexibility index (Phi) is 4.66. The van der Waals surface area contributed by atoms with Gasteiger partial charge in [-0.15, -0.1) is 0 Å². The molecule has 3 rings (SSSR count). The Morgan fingerprint density at radius 1 is 1.20 bits per heavy atom. The minimum Gasteiger partial charge on any atom is -0.494 e. The van der Waals surface area contributed by atoms with Crippen molar-refractivity contribution in [3.05, 3.63) is 74.4 Å². The first-order chi connectivity index (χ1) is 12.1. The van der Waals surface area contributed by atoms with E-state index in [1.54, 1.807) is 22.9 Å². The quantitative estimate of drug-likeness (QED) is 0.774. The predicted octanol–water partition coefficient (Wildman–Crippen LogP) is 2.20. The molecule has 0 spiro atoms. The van der Waals surface area contributed by atoms with Gasteiger partial charge >= 0.3 is 0 Å². The van der Waals surface area contributed by atoms with Gasteiger partial charge in [-0.25, -0.2) is 0 Å². The molecule has 0 unspecified atom stereocenters. The van der Waals surface area contributed by atoms with Gasteiger partial charge in [0.25, 0.3) is 11.1 Å². The summed E-state index contributed by atoms with van der Waals surface area (Å²) in [6.07, 6.45) is 2.34. The minimum atomic E-state index is -0.485. The average Bonchev–Trinajstić information content (AvgIpc) is 2.62. The molecule has 0 aliphatic heterocycles. The summed E-state index contributed by atoms with van der Waals surface area (Å²) in [7, 11) is 0. The maximum Gasteiger partial charge on any atom is 0.266 e. The highest BCUT2D eigenvalue weighted by molar-refractivity contribution is 5.78. The molecule has 6 heteroatoms. The maximum absolute atomic E-state index is 12.6. The molecule has 0 bridgehead atoms. The lowest BCUT2D eigenvalue weighted by Crippen LogP contribution is -2.22. The van der Waals surface area contributed by atoms with Crippen molar-refractivity contribution in [2.24, 2.45) is 0 Å². The number of H-pyrrole nitrogens is 1. The third-order valence-electron chi connectivity index (χ3n) is 3.98. The Bertz CT molecular complexity index is 1060. The van der Waals surface area contributed by atoms with Crippen molar-refractivity contribution >= 4 is 10.9 Å². The number of nitrogens with zero attached hydrogens (tertiary/aromatic N) is 2. The number of aryl methyl sites for hydroxylation is 2. The molecule has 2 heterocycles. The molecule has 0 saturated heterocycles. The molecule has 3 aromatic rings. The summed E-state index contributed by atoms with van der Waals surface area (Å²) in [4.78, 5) is 26.8. The number of nitriles is 1. The number of fused-ring (bicyclic) bond motifs is 1. The fourth-order valence-corrected chi connectivity index (χ4v) is 2.67. The molecule has 0 saturated carbocycles. The zero-order valence-corrected chi connectivity index (χ0v) is 13.8. The van der Waals surface area contributed by atoms with Gasteiger partial charge in [0.05, 0.1) is 17.5 Å². The van der Waals surface area contributed by atoms with E-state index >= 15 is 0 Å². The second-order valence-corrected chi connectivity index (χ2v) is 5.59. The number of rotatable bonds is 5. The molecular formula is C19H17N3O3. The summed E-state index contributed by atoms with van der Waals surface area (Å²) in [6, 6.07) is 12.6. The smallest absolute Gasteiger partial charge is 0.266 e. The van der Waals surface area contributed by atoms with Crippen LogP contribution in [-0.4, -0.2) is 16.2 Å². The number of aromatic nitrogens is 2. The van der Waals surface area contributed by atoms with Gasteiger partial charge in [-0.2, -0.15) is 5.26 Å². The first-order valence-electron chi connectivity index (χ1n) is 8.00. The van der Waals surface area contributed by atoms with Gasteiger partial charge in [-0.3, -0.25) is 9.59 Å². The third kappa shape index (κ3) is 3.45. The van der Waals surface area contributed by atoms with Crippen LogP contribution >= 0.6 is 0 Å². The van der Waals surface area contributed by atoms with Crippen molar-refractivity contribution < 1.29 is 4.74 Å².